The third-order valence-corrected chi connectivity index (χ3v) is 2.90. The fourth-order valence-corrected chi connectivity index (χ4v) is 1.52. The van der Waals surface area contributed by atoms with Crippen LogP contribution in [0.5, 0.6) is 0 Å². The summed E-state index contributed by atoms with van der Waals surface area (Å²) in [5.74, 6) is 0. The molecule has 0 aliphatic rings. The molecule has 72 valence electrons. The first-order valence-corrected chi connectivity index (χ1v) is 5.06. The molecule has 1 aromatic carbocycles. The van der Waals surface area contributed by atoms with Crippen LogP contribution in [0, 0.1) is 0 Å². The van der Waals surface area contributed by atoms with Crippen LogP contribution in [0.3, 0.4) is 0 Å². The molecule has 0 heterocycles. The number of benzene rings is 1. The van der Waals surface area contributed by atoms with E-state index in [1.54, 1.807) is 25.2 Å². The Morgan fingerprint density at radius 3 is 2.85 bits per heavy atom. The summed E-state index contributed by atoms with van der Waals surface area (Å²) >= 11 is 9.02. The smallest absolute Gasteiger partial charge is 0.138 e. The molecule has 0 bridgehead atoms. The van der Waals surface area contributed by atoms with E-state index in [9.17, 15) is 4.39 Å². The topological polar surface area (TPSA) is 12.0 Å². The molecule has 1 unspecified atom stereocenters. The minimum Gasteiger partial charge on any atom is -0.317 e. The first kappa shape index (κ1) is 11.0. The van der Waals surface area contributed by atoms with E-state index in [1.807, 2.05) is 0 Å². The van der Waals surface area contributed by atoms with Gasteiger partial charge in [-0.05, 0) is 40.7 Å². The van der Waals surface area contributed by atoms with Gasteiger partial charge in [-0.25, -0.2) is 4.39 Å². The second-order valence-corrected chi connectivity index (χ2v) is 3.96. The van der Waals surface area contributed by atoms with Gasteiger partial charge in [-0.2, -0.15) is 0 Å². The molecule has 1 rings (SSSR count). The molecule has 0 amide bonds. The first-order valence-electron chi connectivity index (χ1n) is 3.88. The molecule has 0 radical (unpaired) electrons. The van der Waals surface area contributed by atoms with Crippen molar-refractivity contribution in [2.24, 2.45) is 0 Å². The molecule has 0 aliphatic carbocycles. The SMILES string of the molecule is CNCC(F)c1ccc(Cl)c(Br)c1. The van der Waals surface area contributed by atoms with Gasteiger partial charge in [-0.15, -0.1) is 0 Å². The van der Waals surface area contributed by atoms with Gasteiger partial charge in [0.1, 0.15) is 6.17 Å². The monoisotopic (exact) mass is 265 g/mol. The van der Waals surface area contributed by atoms with Crippen LogP contribution >= 0.6 is 27.5 Å². The van der Waals surface area contributed by atoms with Crippen molar-refractivity contribution >= 4 is 27.5 Å². The maximum atomic E-state index is 13.3. The van der Waals surface area contributed by atoms with Crippen LogP contribution in [-0.4, -0.2) is 13.6 Å². The van der Waals surface area contributed by atoms with Crippen LogP contribution in [-0.2, 0) is 0 Å². The van der Waals surface area contributed by atoms with E-state index in [-0.39, 0.29) is 0 Å². The second kappa shape index (κ2) is 4.94. The van der Waals surface area contributed by atoms with Gasteiger partial charge in [-0.3, -0.25) is 0 Å². The molecule has 1 atom stereocenters. The van der Waals surface area contributed by atoms with Crippen LogP contribution in [0.2, 0.25) is 5.02 Å². The number of alkyl halides is 1. The third-order valence-electron chi connectivity index (χ3n) is 1.69. The maximum absolute atomic E-state index is 13.3. The summed E-state index contributed by atoms with van der Waals surface area (Å²) in [6.07, 6.45) is -0.987. The van der Waals surface area contributed by atoms with Gasteiger partial charge in [0.15, 0.2) is 0 Å². The molecule has 0 spiro atoms. The zero-order chi connectivity index (χ0) is 9.84. The third kappa shape index (κ3) is 2.93. The molecule has 0 saturated carbocycles. The van der Waals surface area contributed by atoms with Crippen LogP contribution in [0.25, 0.3) is 0 Å². The fourth-order valence-electron chi connectivity index (χ4n) is 1.00. The lowest BCUT2D eigenvalue weighted by atomic mass is 10.1. The van der Waals surface area contributed by atoms with E-state index in [1.165, 1.54) is 0 Å². The Bertz CT molecular complexity index is 293. The molecule has 1 N–H and O–H groups in total. The molecule has 1 nitrogen and oxygen atoms in total. The van der Waals surface area contributed by atoms with Gasteiger partial charge < -0.3 is 5.32 Å². The van der Waals surface area contributed by atoms with Gasteiger partial charge in [0.2, 0.25) is 0 Å². The Morgan fingerprint density at radius 2 is 2.31 bits per heavy atom. The van der Waals surface area contributed by atoms with E-state index in [0.717, 1.165) is 4.47 Å². The van der Waals surface area contributed by atoms with Crippen molar-refractivity contribution in [3.05, 3.63) is 33.3 Å². The number of rotatable bonds is 3. The normalized spacial score (nSPS) is 12.9. The Hall–Kier alpha value is -0.120. The predicted octanol–water partition coefficient (Wildman–Crippen LogP) is 3.33. The van der Waals surface area contributed by atoms with Gasteiger partial charge in [-0.1, -0.05) is 17.7 Å². The van der Waals surface area contributed by atoms with Gasteiger partial charge in [0, 0.05) is 11.0 Å². The summed E-state index contributed by atoms with van der Waals surface area (Å²) in [6.45, 7) is 0.314. The molecule has 0 saturated heterocycles. The zero-order valence-corrected chi connectivity index (χ0v) is 9.49. The highest BCUT2D eigenvalue weighted by Crippen LogP contribution is 2.27. The first-order chi connectivity index (χ1) is 6.15. The largest absolute Gasteiger partial charge is 0.317 e. The molecule has 0 aromatic heterocycles. The lowest BCUT2D eigenvalue weighted by Crippen LogP contribution is -2.13. The van der Waals surface area contributed by atoms with Crippen molar-refractivity contribution in [1.29, 1.82) is 0 Å². The Balaban J connectivity index is 2.84. The Morgan fingerprint density at radius 1 is 1.62 bits per heavy atom. The Labute approximate surface area is 90.4 Å². The maximum Gasteiger partial charge on any atom is 0.138 e. The number of halogens is 3. The molecule has 0 fully saturated rings. The van der Waals surface area contributed by atoms with E-state index in [2.05, 4.69) is 21.2 Å². The number of likely N-dealkylation sites (N-methyl/N-ethyl adjacent to an activating group) is 1. The average molecular weight is 267 g/mol. The fraction of sp³-hybridized carbons (Fsp3) is 0.333. The molecule has 13 heavy (non-hydrogen) atoms. The van der Waals surface area contributed by atoms with Crippen LogP contribution in [0.4, 0.5) is 4.39 Å². The van der Waals surface area contributed by atoms with Crippen molar-refractivity contribution in [1.82, 2.24) is 5.32 Å². The quantitative estimate of drug-likeness (QED) is 0.885. The number of hydrogen-bond donors (Lipinski definition) is 1. The summed E-state index contributed by atoms with van der Waals surface area (Å²) in [5.41, 5.74) is 0.630. The second-order valence-electron chi connectivity index (χ2n) is 2.70. The summed E-state index contributed by atoms with van der Waals surface area (Å²) in [7, 11) is 1.72. The highest BCUT2D eigenvalue weighted by atomic mass is 79.9. The predicted molar refractivity (Wildman–Crippen MR) is 56.9 cm³/mol. The zero-order valence-electron chi connectivity index (χ0n) is 7.15. The summed E-state index contributed by atoms with van der Waals surface area (Å²) < 4.78 is 14.0. The van der Waals surface area contributed by atoms with Crippen molar-refractivity contribution in [3.8, 4) is 0 Å². The molecular formula is C9H10BrClFN. The van der Waals surface area contributed by atoms with Crippen LogP contribution in [0.15, 0.2) is 22.7 Å². The van der Waals surface area contributed by atoms with Gasteiger partial charge >= 0.3 is 0 Å². The molecular weight excluding hydrogens is 256 g/mol. The summed E-state index contributed by atoms with van der Waals surface area (Å²) in [4.78, 5) is 0. The van der Waals surface area contributed by atoms with Gasteiger partial charge in [0.05, 0.1) is 5.02 Å². The number of nitrogens with one attached hydrogen (secondary N) is 1. The van der Waals surface area contributed by atoms with Crippen molar-refractivity contribution in [3.63, 3.8) is 0 Å². The standard InChI is InChI=1S/C9H10BrClFN/c1-13-5-9(12)6-2-3-8(11)7(10)4-6/h2-4,9,13H,5H2,1H3. The molecule has 0 aliphatic heterocycles. The number of hydrogen-bond acceptors (Lipinski definition) is 1. The lowest BCUT2D eigenvalue weighted by Gasteiger charge is -2.08. The summed E-state index contributed by atoms with van der Waals surface area (Å²) in [5, 5.41) is 3.37. The summed E-state index contributed by atoms with van der Waals surface area (Å²) in [6, 6.07) is 5.07. The Kier molecular flexibility index (Phi) is 4.16. The minimum atomic E-state index is -0.987. The van der Waals surface area contributed by atoms with Crippen LogP contribution < -0.4 is 5.32 Å². The average Bonchev–Trinajstić information content (AvgIpc) is 2.10. The van der Waals surface area contributed by atoms with Crippen molar-refractivity contribution < 1.29 is 4.39 Å². The highest BCUT2D eigenvalue weighted by Gasteiger charge is 2.09. The van der Waals surface area contributed by atoms with Gasteiger partial charge in [0.25, 0.3) is 0 Å². The van der Waals surface area contributed by atoms with E-state index in [0.29, 0.717) is 17.1 Å². The minimum absolute atomic E-state index is 0.314. The van der Waals surface area contributed by atoms with E-state index >= 15 is 0 Å². The molecule has 4 heteroatoms. The highest BCUT2D eigenvalue weighted by molar-refractivity contribution is 9.10. The lowest BCUT2D eigenvalue weighted by molar-refractivity contribution is 0.335. The van der Waals surface area contributed by atoms with E-state index < -0.39 is 6.17 Å². The molecule has 1 aromatic rings. The van der Waals surface area contributed by atoms with Crippen molar-refractivity contribution in [2.45, 2.75) is 6.17 Å². The van der Waals surface area contributed by atoms with E-state index in [4.69, 9.17) is 11.6 Å². The van der Waals surface area contributed by atoms with Crippen LogP contribution in [0.1, 0.15) is 11.7 Å². The van der Waals surface area contributed by atoms with Crippen molar-refractivity contribution in [2.75, 3.05) is 13.6 Å².